The Morgan fingerprint density at radius 1 is 1.39 bits per heavy atom. The highest BCUT2D eigenvalue weighted by Gasteiger charge is 2.17. The lowest BCUT2D eigenvalue weighted by atomic mass is 10.2. The fraction of sp³-hybridized carbons (Fsp3) is 0.267. The zero-order valence-electron chi connectivity index (χ0n) is 12.8. The van der Waals surface area contributed by atoms with E-state index in [1.54, 1.807) is 11.6 Å². The number of fused-ring (bicyclic) bond motifs is 1. The normalized spacial score (nSPS) is 11.1. The minimum atomic E-state index is -1.05. The number of furan rings is 1. The molecule has 0 aromatic carbocycles. The van der Waals surface area contributed by atoms with Gasteiger partial charge in [-0.3, -0.25) is 9.48 Å². The molecule has 3 aromatic heterocycles. The molecular formula is C15H15N3O4S. The van der Waals surface area contributed by atoms with Crippen LogP contribution < -0.4 is 5.32 Å². The first-order valence-corrected chi connectivity index (χ1v) is 7.72. The molecule has 0 radical (unpaired) electrons. The van der Waals surface area contributed by atoms with Crippen LogP contribution in [-0.4, -0.2) is 26.8 Å². The molecule has 0 unspecified atom stereocenters. The maximum Gasteiger partial charge on any atom is 0.339 e. The van der Waals surface area contributed by atoms with Crippen molar-refractivity contribution in [2.45, 2.75) is 20.4 Å². The molecule has 3 aromatic rings. The second-order valence-electron chi connectivity index (χ2n) is 5.21. The number of rotatable bonds is 4. The predicted molar refractivity (Wildman–Crippen MR) is 84.9 cm³/mol. The zero-order chi connectivity index (χ0) is 16.7. The van der Waals surface area contributed by atoms with Gasteiger partial charge in [0.05, 0.1) is 17.1 Å². The molecule has 0 bridgehead atoms. The van der Waals surface area contributed by atoms with Crippen molar-refractivity contribution in [3.63, 3.8) is 0 Å². The highest BCUT2D eigenvalue weighted by Crippen LogP contribution is 2.27. The lowest BCUT2D eigenvalue weighted by Gasteiger charge is -2.00. The molecule has 0 aliphatic rings. The summed E-state index contributed by atoms with van der Waals surface area (Å²) < 4.78 is 7.09. The van der Waals surface area contributed by atoms with Gasteiger partial charge in [0, 0.05) is 12.4 Å². The monoisotopic (exact) mass is 333 g/mol. The average Bonchev–Trinajstić information content (AvgIpc) is 3.13. The average molecular weight is 333 g/mol. The third kappa shape index (κ3) is 2.72. The Morgan fingerprint density at radius 2 is 2.13 bits per heavy atom. The first kappa shape index (κ1) is 15.3. The van der Waals surface area contributed by atoms with Crippen molar-refractivity contribution in [2.24, 2.45) is 7.05 Å². The Kier molecular flexibility index (Phi) is 3.69. The Balaban J connectivity index is 1.74. The van der Waals surface area contributed by atoms with Gasteiger partial charge in [-0.25, -0.2) is 4.79 Å². The maximum atomic E-state index is 12.2. The highest BCUT2D eigenvalue weighted by molar-refractivity contribution is 7.20. The van der Waals surface area contributed by atoms with Gasteiger partial charge in [0.2, 0.25) is 0 Å². The van der Waals surface area contributed by atoms with Gasteiger partial charge in [-0.15, -0.1) is 11.3 Å². The lowest BCUT2D eigenvalue weighted by Crippen LogP contribution is -2.21. The SMILES string of the molecule is Cc1oc(CNC(=O)c2cc3c(C)nn(C)c3s2)cc1C(=O)O. The molecule has 0 atom stereocenters. The minimum Gasteiger partial charge on any atom is -0.478 e. The molecule has 0 fully saturated rings. The molecule has 1 amide bonds. The van der Waals surface area contributed by atoms with Crippen LogP contribution in [0, 0.1) is 13.8 Å². The third-order valence-electron chi connectivity index (χ3n) is 3.54. The fourth-order valence-electron chi connectivity index (χ4n) is 2.41. The number of aromatic carboxylic acids is 1. The topological polar surface area (TPSA) is 97.4 Å². The number of carbonyl (C=O) groups excluding carboxylic acids is 1. The van der Waals surface area contributed by atoms with Crippen molar-refractivity contribution >= 4 is 33.4 Å². The van der Waals surface area contributed by atoms with E-state index in [1.807, 2.05) is 20.0 Å². The van der Waals surface area contributed by atoms with Crippen molar-refractivity contribution in [1.29, 1.82) is 0 Å². The quantitative estimate of drug-likeness (QED) is 0.764. The first-order chi connectivity index (χ1) is 10.9. The van der Waals surface area contributed by atoms with E-state index in [-0.39, 0.29) is 18.0 Å². The van der Waals surface area contributed by atoms with Crippen molar-refractivity contribution in [2.75, 3.05) is 0 Å². The van der Waals surface area contributed by atoms with E-state index in [4.69, 9.17) is 9.52 Å². The van der Waals surface area contributed by atoms with E-state index < -0.39 is 5.97 Å². The number of nitrogens with one attached hydrogen (secondary N) is 1. The lowest BCUT2D eigenvalue weighted by molar-refractivity contribution is 0.0694. The van der Waals surface area contributed by atoms with Crippen LogP contribution in [0.3, 0.4) is 0 Å². The van der Waals surface area contributed by atoms with Crippen LogP contribution in [0.2, 0.25) is 0 Å². The predicted octanol–water partition coefficient (Wildman–Crippen LogP) is 2.47. The van der Waals surface area contributed by atoms with Gasteiger partial charge in [-0.2, -0.15) is 5.10 Å². The van der Waals surface area contributed by atoms with Gasteiger partial charge in [-0.1, -0.05) is 0 Å². The van der Waals surface area contributed by atoms with Crippen molar-refractivity contribution in [1.82, 2.24) is 15.1 Å². The summed E-state index contributed by atoms with van der Waals surface area (Å²) in [6.07, 6.45) is 0. The number of thiophene rings is 1. The summed E-state index contributed by atoms with van der Waals surface area (Å²) in [6.45, 7) is 3.62. The minimum absolute atomic E-state index is 0.109. The van der Waals surface area contributed by atoms with Crippen molar-refractivity contribution in [3.8, 4) is 0 Å². The molecule has 3 rings (SSSR count). The van der Waals surface area contributed by atoms with E-state index in [9.17, 15) is 9.59 Å². The maximum absolute atomic E-state index is 12.2. The van der Waals surface area contributed by atoms with Gasteiger partial charge in [0.1, 0.15) is 21.9 Å². The van der Waals surface area contributed by atoms with E-state index in [0.717, 1.165) is 15.9 Å². The molecule has 0 saturated carbocycles. The number of amides is 1. The number of aryl methyl sites for hydroxylation is 3. The highest BCUT2D eigenvalue weighted by atomic mass is 32.1. The summed E-state index contributed by atoms with van der Waals surface area (Å²) in [5.74, 6) is -0.537. The standard InChI is InChI=1S/C15H15N3O4S/c1-7-10-5-12(23-14(10)18(3)17-7)13(19)16-6-9-4-11(15(20)21)8(2)22-9/h4-5H,6H2,1-3H3,(H,16,19)(H,20,21). The van der Waals surface area contributed by atoms with E-state index in [1.165, 1.54) is 17.4 Å². The van der Waals surface area contributed by atoms with Crippen LogP contribution in [-0.2, 0) is 13.6 Å². The molecule has 0 saturated heterocycles. The summed E-state index contributed by atoms with van der Waals surface area (Å²) in [4.78, 5) is 24.7. The van der Waals surface area contributed by atoms with Crippen LogP contribution in [0.1, 0.15) is 37.2 Å². The molecule has 0 spiro atoms. The number of carboxylic acid groups (broad SMARTS) is 1. The van der Waals surface area contributed by atoms with E-state index in [0.29, 0.717) is 16.4 Å². The second-order valence-corrected chi connectivity index (χ2v) is 6.24. The van der Waals surface area contributed by atoms with E-state index >= 15 is 0 Å². The van der Waals surface area contributed by atoms with Gasteiger partial charge in [0.25, 0.3) is 5.91 Å². The van der Waals surface area contributed by atoms with Gasteiger partial charge in [0.15, 0.2) is 0 Å². The van der Waals surface area contributed by atoms with E-state index in [2.05, 4.69) is 10.4 Å². The largest absolute Gasteiger partial charge is 0.478 e. The Labute approximate surface area is 135 Å². The molecule has 2 N–H and O–H groups in total. The first-order valence-electron chi connectivity index (χ1n) is 6.90. The summed E-state index contributed by atoms with van der Waals surface area (Å²) in [7, 11) is 1.84. The van der Waals surface area contributed by atoms with Gasteiger partial charge in [-0.05, 0) is 26.0 Å². The number of nitrogens with zero attached hydrogens (tertiary/aromatic N) is 2. The molecule has 8 heteroatoms. The van der Waals surface area contributed by atoms with Crippen molar-refractivity contribution in [3.05, 3.63) is 39.8 Å². The Bertz CT molecular complexity index is 884. The smallest absolute Gasteiger partial charge is 0.339 e. The van der Waals surface area contributed by atoms with Crippen LogP contribution in [0.4, 0.5) is 0 Å². The van der Waals surface area contributed by atoms with Crippen LogP contribution in [0.5, 0.6) is 0 Å². The Morgan fingerprint density at radius 3 is 2.74 bits per heavy atom. The molecule has 120 valence electrons. The number of carbonyl (C=O) groups is 2. The zero-order valence-corrected chi connectivity index (χ0v) is 13.7. The van der Waals surface area contributed by atoms with Gasteiger partial charge < -0.3 is 14.8 Å². The third-order valence-corrected chi connectivity index (χ3v) is 4.74. The number of carboxylic acids is 1. The van der Waals surface area contributed by atoms with Gasteiger partial charge >= 0.3 is 5.97 Å². The van der Waals surface area contributed by atoms with Crippen LogP contribution in [0.15, 0.2) is 16.5 Å². The number of hydrogen-bond donors (Lipinski definition) is 2. The molecule has 3 heterocycles. The summed E-state index contributed by atoms with van der Waals surface area (Å²) in [5.41, 5.74) is 0.989. The molecule has 7 nitrogen and oxygen atoms in total. The summed E-state index contributed by atoms with van der Waals surface area (Å²) in [6, 6.07) is 3.24. The number of hydrogen-bond acceptors (Lipinski definition) is 5. The van der Waals surface area contributed by atoms with Crippen molar-refractivity contribution < 1.29 is 19.1 Å². The molecule has 0 aliphatic carbocycles. The molecular weight excluding hydrogens is 318 g/mol. The summed E-state index contributed by atoms with van der Waals surface area (Å²) >= 11 is 1.36. The van der Waals surface area contributed by atoms with Crippen LogP contribution >= 0.6 is 11.3 Å². The second kappa shape index (κ2) is 5.54. The number of aromatic nitrogens is 2. The molecule has 0 aliphatic heterocycles. The fourth-order valence-corrected chi connectivity index (χ4v) is 3.45. The summed E-state index contributed by atoms with van der Waals surface area (Å²) in [5, 5.41) is 17.0. The molecule has 23 heavy (non-hydrogen) atoms. The van der Waals surface area contributed by atoms with Crippen LogP contribution in [0.25, 0.3) is 10.2 Å². The Hall–Kier alpha value is -2.61.